The lowest BCUT2D eigenvalue weighted by atomic mass is 10.0. The summed E-state index contributed by atoms with van der Waals surface area (Å²) in [6.45, 7) is 5.92. The quantitative estimate of drug-likeness (QED) is 0.881. The van der Waals surface area contributed by atoms with E-state index in [1.807, 2.05) is 19.9 Å². The second kappa shape index (κ2) is 7.32. The maximum atomic E-state index is 13.8. The van der Waals surface area contributed by atoms with Crippen LogP contribution in [0.15, 0.2) is 28.8 Å². The van der Waals surface area contributed by atoms with Crippen molar-refractivity contribution in [3.63, 3.8) is 0 Å². The number of hydrogen-bond acceptors (Lipinski definition) is 5. The number of aliphatic hydroxyl groups is 1. The van der Waals surface area contributed by atoms with Gasteiger partial charge in [-0.1, -0.05) is 0 Å². The number of nitrogens with one attached hydrogen (secondary N) is 1. The molecule has 5 nitrogen and oxygen atoms in total. The molecule has 2 heterocycles. The van der Waals surface area contributed by atoms with Crippen LogP contribution in [-0.4, -0.2) is 29.3 Å². The zero-order chi connectivity index (χ0) is 17.1. The normalized spacial score (nSPS) is 17.2. The number of oxazole rings is 1. The first-order valence-electron chi connectivity index (χ1n) is 8.40. The van der Waals surface area contributed by atoms with Crippen LogP contribution in [0.5, 0.6) is 0 Å². The summed E-state index contributed by atoms with van der Waals surface area (Å²) in [5.41, 5.74) is 1.93. The highest BCUT2D eigenvalue weighted by molar-refractivity contribution is 5.55. The molecule has 1 saturated heterocycles. The molecule has 1 atom stereocenters. The number of hydrogen-bond donors (Lipinski definition) is 2. The largest absolute Gasteiger partial charge is 0.445 e. The van der Waals surface area contributed by atoms with Crippen molar-refractivity contribution < 1.29 is 13.9 Å². The van der Waals surface area contributed by atoms with Gasteiger partial charge in [-0.25, -0.2) is 9.37 Å². The summed E-state index contributed by atoms with van der Waals surface area (Å²) in [6, 6.07) is 4.86. The molecular weight excluding hydrogens is 309 g/mol. The molecule has 1 aromatic heterocycles. The van der Waals surface area contributed by atoms with Crippen LogP contribution < -0.4 is 10.2 Å². The number of anilines is 1. The van der Waals surface area contributed by atoms with Crippen LogP contribution in [-0.2, 0) is 6.54 Å². The number of rotatable bonds is 5. The molecule has 1 aliphatic heterocycles. The summed E-state index contributed by atoms with van der Waals surface area (Å²) in [7, 11) is 0. The monoisotopic (exact) mass is 333 g/mol. The zero-order valence-electron chi connectivity index (χ0n) is 14.1. The van der Waals surface area contributed by atoms with Crippen molar-refractivity contribution in [1.82, 2.24) is 10.3 Å². The second-order valence-electron chi connectivity index (χ2n) is 6.39. The summed E-state index contributed by atoms with van der Waals surface area (Å²) in [5.74, 6) is 1.16. The molecule has 0 bridgehead atoms. The van der Waals surface area contributed by atoms with Crippen LogP contribution in [0, 0.1) is 12.7 Å². The predicted molar refractivity (Wildman–Crippen MR) is 90.3 cm³/mol. The number of nitrogens with zero attached hydrogens (tertiary/aromatic N) is 2. The van der Waals surface area contributed by atoms with Gasteiger partial charge in [-0.2, -0.15) is 0 Å². The summed E-state index contributed by atoms with van der Waals surface area (Å²) in [4.78, 5) is 6.40. The van der Waals surface area contributed by atoms with Gasteiger partial charge in [0, 0.05) is 24.8 Å². The highest BCUT2D eigenvalue weighted by atomic mass is 19.1. The fourth-order valence-electron chi connectivity index (χ4n) is 3.10. The van der Waals surface area contributed by atoms with Gasteiger partial charge in [-0.15, -0.1) is 0 Å². The zero-order valence-corrected chi connectivity index (χ0v) is 14.1. The van der Waals surface area contributed by atoms with E-state index in [9.17, 15) is 9.50 Å². The highest BCUT2D eigenvalue weighted by Gasteiger charge is 2.21. The summed E-state index contributed by atoms with van der Waals surface area (Å²) in [6.07, 6.45) is 2.95. The molecule has 1 fully saturated rings. The molecule has 2 N–H and O–H groups in total. The fraction of sp³-hybridized carbons (Fsp3) is 0.500. The van der Waals surface area contributed by atoms with Crippen molar-refractivity contribution in [3.05, 3.63) is 47.4 Å². The minimum Gasteiger partial charge on any atom is -0.445 e. The topological polar surface area (TPSA) is 61.5 Å². The van der Waals surface area contributed by atoms with Gasteiger partial charge in [0.05, 0.1) is 18.8 Å². The van der Waals surface area contributed by atoms with Crippen molar-refractivity contribution in [2.24, 2.45) is 0 Å². The van der Waals surface area contributed by atoms with Gasteiger partial charge >= 0.3 is 0 Å². The Kier molecular flexibility index (Phi) is 5.16. The van der Waals surface area contributed by atoms with Crippen LogP contribution in [0.3, 0.4) is 0 Å². The minimum absolute atomic E-state index is 0.0465. The number of benzene rings is 1. The first-order chi connectivity index (χ1) is 11.5. The van der Waals surface area contributed by atoms with Gasteiger partial charge in [0.1, 0.15) is 11.6 Å². The Hall–Kier alpha value is -1.92. The van der Waals surface area contributed by atoms with E-state index in [0.717, 1.165) is 42.9 Å². The standard InChI is InChI=1S/C18H24FN3O2/c1-12-10-21-18(24-12)11-20-13(2)16-9-14(19)3-4-17(16)22-7-5-15(23)6-8-22/h3-4,9-10,13,15,20,23H,5-8,11H2,1-2H3. The molecule has 0 amide bonds. The maximum absolute atomic E-state index is 13.8. The van der Waals surface area contributed by atoms with Crippen molar-refractivity contribution in [2.75, 3.05) is 18.0 Å². The lowest BCUT2D eigenvalue weighted by Crippen LogP contribution is -2.37. The van der Waals surface area contributed by atoms with Crippen LogP contribution in [0.4, 0.5) is 10.1 Å². The van der Waals surface area contributed by atoms with Gasteiger partial charge in [-0.3, -0.25) is 0 Å². The average Bonchev–Trinajstić information content (AvgIpc) is 2.99. The Bertz CT molecular complexity index is 681. The van der Waals surface area contributed by atoms with Crippen LogP contribution >= 0.6 is 0 Å². The van der Waals surface area contributed by atoms with Gasteiger partial charge in [-0.05, 0) is 50.5 Å². The SMILES string of the molecule is Cc1cnc(CNC(C)c2cc(F)ccc2N2CCC(O)CC2)o1. The fourth-order valence-corrected chi connectivity index (χ4v) is 3.10. The molecule has 1 aliphatic rings. The van der Waals surface area contributed by atoms with Gasteiger partial charge in [0.25, 0.3) is 0 Å². The second-order valence-corrected chi connectivity index (χ2v) is 6.39. The summed E-state index contributed by atoms with van der Waals surface area (Å²) in [5, 5.41) is 13.0. The predicted octanol–water partition coefficient (Wildman–Crippen LogP) is 2.93. The molecular formula is C18H24FN3O2. The van der Waals surface area contributed by atoms with Gasteiger partial charge in [0.2, 0.25) is 5.89 Å². The lowest BCUT2D eigenvalue weighted by molar-refractivity contribution is 0.145. The van der Waals surface area contributed by atoms with E-state index >= 15 is 0 Å². The molecule has 0 saturated carbocycles. The first-order valence-corrected chi connectivity index (χ1v) is 8.40. The van der Waals surface area contributed by atoms with E-state index < -0.39 is 0 Å². The number of halogens is 1. The molecule has 3 rings (SSSR count). The van der Waals surface area contributed by atoms with Crippen molar-refractivity contribution >= 4 is 5.69 Å². The number of piperidine rings is 1. The van der Waals surface area contributed by atoms with E-state index in [2.05, 4.69) is 15.2 Å². The molecule has 6 heteroatoms. The number of aryl methyl sites for hydroxylation is 1. The summed E-state index contributed by atoms with van der Waals surface area (Å²) >= 11 is 0. The van der Waals surface area contributed by atoms with Crippen LogP contribution in [0.25, 0.3) is 0 Å². The average molecular weight is 333 g/mol. The molecule has 24 heavy (non-hydrogen) atoms. The molecule has 0 aliphatic carbocycles. The third-order valence-corrected chi connectivity index (χ3v) is 4.49. The van der Waals surface area contributed by atoms with Crippen molar-refractivity contribution in [3.8, 4) is 0 Å². The Balaban J connectivity index is 1.74. The minimum atomic E-state index is -0.244. The van der Waals surface area contributed by atoms with Gasteiger partial charge in [0.15, 0.2) is 0 Å². The van der Waals surface area contributed by atoms with Crippen LogP contribution in [0.1, 0.15) is 43.0 Å². The third kappa shape index (κ3) is 3.94. The lowest BCUT2D eigenvalue weighted by Gasteiger charge is -2.34. The Labute approximate surface area is 141 Å². The number of aliphatic hydroxyl groups excluding tert-OH is 1. The molecule has 1 aromatic carbocycles. The van der Waals surface area contributed by atoms with E-state index in [1.165, 1.54) is 6.07 Å². The molecule has 130 valence electrons. The van der Waals surface area contributed by atoms with E-state index in [4.69, 9.17) is 4.42 Å². The molecule has 0 radical (unpaired) electrons. The molecule has 2 aromatic rings. The highest BCUT2D eigenvalue weighted by Crippen LogP contribution is 2.29. The van der Waals surface area contributed by atoms with E-state index in [-0.39, 0.29) is 18.0 Å². The maximum Gasteiger partial charge on any atom is 0.208 e. The smallest absolute Gasteiger partial charge is 0.208 e. The third-order valence-electron chi connectivity index (χ3n) is 4.49. The van der Waals surface area contributed by atoms with Crippen LogP contribution in [0.2, 0.25) is 0 Å². The van der Waals surface area contributed by atoms with Crippen molar-refractivity contribution in [1.29, 1.82) is 0 Å². The summed E-state index contributed by atoms with van der Waals surface area (Å²) < 4.78 is 19.3. The Morgan fingerprint density at radius 1 is 1.42 bits per heavy atom. The van der Waals surface area contributed by atoms with Gasteiger partial charge < -0.3 is 19.7 Å². The first kappa shape index (κ1) is 16.9. The van der Waals surface area contributed by atoms with Crippen molar-refractivity contribution in [2.45, 2.75) is 45.4 Å². The number of aromatic nitrogens is 1. The van der Waals surface area contributed by atoms with E-state index in [1.54, 1.807) is 12.3 Å². The molecule has 1 unspecified atom stereocenters. The van der Waals surface area contributed by atoms with E-state index in [0.29, 0.717) is 12.4 Å². The Morgan fingerprint density at radius 3 is 2.83 bits per heavy atom. The molecule has 0 spiro atoms. The Morgan fingerprint density at radius 2 is 2.17 bits per heavy atom.